The second-order valence-corrected chi connectivity index (χ2v) is 7.80. The zero-order valence-corrected chi connectivity index (χ0v) is 10.6. The number of hydrogen-bond acceptors (Lipinski definition) is 5. The Bertz CT molecular complexity index is 372. The molecule has 3 N–H and O–H groups in total. The summed E-state index contributed by atoms with van der Waals surface area (Å²) in [6, 6.07) is -0.0809. The summed E-state index contributed by atoms with van der Waals surface area (Å²) in [6.07, 6.45) is 1.53. The molecule has 0 radical (unpaired) electrons. The van der Waals surface area contributed by atoms with Gasteiger partial charge in [-0.15, -0.1) is 0 Å². The van der Waals surface area contributed by atoms with Crippen LogP contribution < -0.4 is 10.5 Å². The number of nitrogens with two attached hydrogens (primary N) is 1. The number of nitrogens with one attached hydrogen (secondary N) is 1. The molecule has 0 rings (SSSR count). The Hall–Kier alpha value is -0.180. The fourth-order valence-electron chi connectivity index (χ4n) is 0.775. The van der Waals surface area contributed by atoms with Crippen molar-refractivity contribution < 1.29 is 16.8 Å². The number of rotatable bonds is 7. The lowest BCUT2D eigenvalue weighted by Crippen LogP contribution is -2.32. The molecule has 0 aliphatic rings. The van der Waals surface area contributed by atoms with Crippen LogP contribution in [0.3, 0.4) is 0 Å². The lowest BCUT2D eigenvalue weighted by Gasteiger charge is -2.07. The standard InChI is InChI=1S/C7H18N2O4S2/c1-7(8)3-4-9-15(12,13)6-5-14(2,10)11/h7,9H,3-6,8H2,1-2H3. The minimum absolute atomic E-state index is 0.0809. The first-order valence-corrected chi connectivity index (χ1v) is 8.24. The van der Waals surface area contributed by atoms with Gasteiger partial charge in [0.2, 0.25) is 10.0 Å². The smallest absolute Gasteiger partial charge is 0.212 e. The Labute approximate surface area is 91.2 Å². The van der Waals surface area contributed by atoms with Crippen LogP contribution in [0.2, 0.25) is 0 Å². The quantitative estimate of drug-likeness (QED) is 0.589. The van der Waals surface area contributed by atoms with E-state index in [9.17, 15) is 16.8 Å². The Kier molecular flexibility index (Phi) is 5.71. The Morgan fingerprint density at radius 1 is 1.20 bits per heavy atom. The van der Waals surface area contributed by atoms with Crippen LogP contribution in [-0.4, -0.2) is 47.2 Å². The molecule has 0 aliphatic heterocycles. The van der Waals surface area contributed by atoms with Gasteiger partial charge in [0, 0.05) is 18.8 Å². The highest BCUT2D eigenvalue weighted by Gasteiger charge is 2.13. The molecule has 1 atom stereocenters. The van der Waals surface area contributed by atoms with Crippen molar-refractivity contribution in [3.8, 4) is 0 Å². The van der Waals surface area contributed by atoms with E-state index in [1.807, 2.05) is 0 Å². The fourth-order valence-corrected chi connectivity index (χ4v) is 3.44. The molecule has 0 aromatic heterocycles. The average molecular weight is 258 g/mol. The molecule has 0 heterocycles. The third-order valence-electron chi connectivity index (χ3n) is 1.64. The first-order chi connectivity index (χ1) is 6.62. The molecule has 0 fully saturated rings. The molecule has 8 heteroatoms. The lowest BCUT2D eigenvalue weighted by atomic mass is 10.3. The maximum Gasteiger partial charge on any atom is 0.212 e. The van der Waals surface area contributed by atoms with E-state index in [1.165, 1.54) is 0 Å². The van der Waals surface area contributed by atoms with E-state index in [0.29, 0.717) is 6.42 Å². The molecule has 1 unspecified atom stereocenters. The van der Waals surface area contributed by atoms with Crippen molar-refractivity contribution in [3.05, 3.63) is 0 Å². The molecule has 0 aromatic rings. The third kappa shape index (κ3) is 10.1. The summed E-state index contributed by atoms with van der Waals surface area (Å²) in [6.45, 7) is 2.01. The number of sulfone groups is 1. The summed E-state index contributed by atoms with van der Waals surface area (Å²) in [5.74, 6) is -0.759. The van der Waals surface area contributed by atoms with Gasteiger partial charge in [0.1, 0.15) is 9.84 Å². The van der Waals surface area contributed by atoms with Gasteiger partial charge in [-0.2, -0.15) is 0 Å². The van der Waals surface area contributed by atoms with Crippen LogP contribution in [0.1, 0.15) is 13.3 Å². The van der Waals surface area contributed by atoms with Gasteiger partial charge in [0.05, 0.1) is 11.5 Å². The van der Waals surface area contributed by atoms with Gasteiger partial charge in [-0.3, -0.25) is 0 Å². The summed E-state index contributed by atoms with van der Waals surface area (Å²) in [5.41, 5.74) is 5.43. The van der Waals surface area contributed by atoms with E-state index in [-0.39, 0.29) is 18.3 Å². The highest BCUT2D eigenvalue weighted by atomic mass is 32.2. The molecule has 0 aromatic carbocycles. The lowest BCUT2D eigenvalue weighted by molar-refractivity contribution is 0.570. The largest absolute Gasteiger partial charge is 0.328 e. The Morgan fingerprint density at radius 3 is 2.13 bits per heavy atom. The fraction of sp³-hybridized carbons (Fsp3) is 1.00. The van der Waals surface area contributed by atoms with Crippen LogP contribution in [0, 0.1) is 0 Å². The predicted molar refractivity (Wildman–Crippen MR) is 59.8 cm³/mol. The predicted octanol–water partition coefficient (Wildman–Crippen LogP) is -1.31. The van der Waals surface area contributed by atoms with Crippen molar-refractivity contribution in [2.75, 3.05) is 24.3 Å². The van der Waals surface area contributed by atoms with Crippen molar-refractivity contribution >= 4 is 19.9 Å². The van der Waals surface area contributed by atoms with E-state index in [2.05, 4.69) is 4.72 Å². The van der Waals surface area contributed by atoms with E-state index >= 15 is 0 Å². The minimum Gasteiger partial charge on any atom is -0.328 e. The van der Waals surface area contributed by atoms with Gasteiger partial charge in [0.25, 0.3) is 0 Å². The van der Waals surface area contributed by atoms with E-state index in [4.69, 9.17) is 5.73 Å². The molecular formula is C7H18N2O4S2. The summed E-state index contributed by atoms with van der Waals surface area (Å²) < 4.78 is 46.3. The van der Waals surface area contributed by atoms with Gasteiger partial charge < -0.3 is 5.73 Å². The van der Waals surface area contributed by atoms with Crippen LogP contribution in [0.4, 0.5) is 0 Å². The van der Waals surface area contributed by atoms with Gasteiger partial charge in [0.15, 0.2) is 0 Å². The molecule has 0 saturated heterocycles. The molecule has 0 bridgehead atoms. The maximum absolute atomic E-state index is 11.2. The molecular weight excluding hydrogens is 240 g/mol. The maximum atomic E-state index is 11.2. The molecule has 0 amide bonds. The van der Waals surface area contributed by atoms with Gasteiger partial charge >= 0.3 is 0 Å². The SMILES string of the molecule is CC(N)CCNS(=O)(=O)CCS(C)(=O)=O. The molecule has 15 heavy (non-hydrogen) atoms. The number of hydrogen-bond donors (Lipinski definition) is 2. The van der Waals surface area contributed by atoms with Gasteiger partial charge in [-0.05, 0) is 13.3 Å². The van der Waals surface area contributed by atoms with E-state index in [1.54, 1.807) is 6.92 Å². The summed E-state index contributed by atoms with van der Waals surface area (Å²) in [7, 11) is -6.74. The summed E-state index contributed by atoms with van der Waals surface area (Å²) in [4.78, 5) is 0. The first kappa shape index (κ1) is 14.8. The van der Waals surface area contributed by atoms with Gasteiger partial charge in [-0.25, -0.2) is 21.6 Å². The summed E-state index contributed by atoms with van der Waals surface area (Å²) in [5, 5.41) is 0. The minimum atomic E-state index is -3.50. The molecule has 0 saturated carbocycles. The molecule has 92 valence electrons. The van der Waals surface area contributed by atoms with Crippen molar-refractivity contribution in [1.29, 1.82) is 0 Å². The zero-order chi connectivity index (χ0) is 12.1. The van der Waals surface area contributed by atoms with Crippen molar-refractivity contribution in [2.24, 2.45) is 5.73 Å². The highest BCUT2D eigenvalue weighted by Crippen LogP contribution is 1.91. The topological polar surface area (TPSA) is 106 Å². The van der Waals surface area contributed by atoms with Crippen LogP contribution >= 0.6 is 0 Å². The van der Waals surface area contributed by atoms with Crippen LogP contribution in [0.15, 0.2) is 0 Å². The Balaban J connectivity index is 3.99. The molecule has 0 aliphatic carbocycles. The van der Waals surface area contributed by atoms with Gasteiger partial charge in [-0.1, -0.05) is 0 Å². The van der Waals surface area contributed by atoms with Crippen LogP contribution in [0.25, 0.3) is 0 Å². The zero-order valence-electron chi connectivity index (χ0n) is 8.93. The highest BCUT2D eigenvalue weighted by molar-refractivity contribution is 7.93. The normalized spacial score (nSPS) is 15.1. The first-order valence-electron chi connectivity index (χ1n) is 4.53. The van der Waals surface area contributed by atoms with Crippen LogP contribution in [0.5, 0.6) is 0 Å². The molecule has 0 spiro atoms. The Morgan fingerprint density at radius 2 is 1.73 bits per heavy atom. The average Bonchev–Trinajstić information content (AvgIpc) is 1.99. The van der Waals surface area contributed by atoms with Crippen molar-refractivity contribution in [2.45, 2.75) is 19.4 Å². The molecule has 6 nitrogen and oxygen atoms in total. The second-order valence-electron chi connectivity index (χ2n) is 3.61. The number of sulfonamides is 1. The van der Waals surface area contributed by atoms with Crippen molar-refractivity contribution in [1.82, 2.24) is 4.72 Å². The van der Waals surface area contributed by atoms with E-state index in [0.717, 1.165) is 6.26 Å². The van der Waals surface area contributed by atoms with E-state index < -0.39 is 25.6 Å². The second kappa shape index (κ2) is 5.78. The van der Waals surface area contributed by atoms with Crippen LogP contribution in [-0.2, 0) is 19.9 Å². The van der Waals surface area contributed by atoms with Crippen molar-refractivity contribution in [3.63, 3.8) is 0 Å². The summed E-state index contributed by atoms with van der Waals surface area (Å²) >= 11 is 0. The third-order valence-corrected chi connectivity index (χ3v) is 4.23. The monoisotopic (exact) mass is 258 g/mol.